The van der Waals surface area contributed by atoms with Gasteiger partial charge in [-0.15, -0.1) is 0 Å². The van der Waals surface area contributed by atoms with Crippen LogP contribution in [0.3, 0.4) is 0 Å². The van der Waals surface area contributed by atoms with Gasteiger partial charge in [0.2, 0.25) is 6.79 Å². The number of hydrogen-bond donors (Lipinski definition) is 3. The summed E-state index contributed by atoms with van der Waals surface area (Å²) in [6, 6.07) is 13.3. The van der Waals surface area contributed by atoms with E-state index in [0.717, 1.165) is 36.3 Å². The zero-order valence-electron chi connectivity index (χ0n) is 20.6. The van der Waals surface area contributed by atoms with Crippen molar-refractivity contribution in [2.45, 2.75) is 50.7 Å². The number of fused-ring (bicyclic) bond motifs is 1. The third-order valence-corrected chi connectivity index (χ3v) is 6.91. The fourth-order valence-electron chi connectivity index (χ4n) is 5.06. The number of allylic oxidation sites excluding steroid dienone is 1. The fourth-order valence-corrected chi connectivity index (χ4v) is 5.06. The molecule has 2 aliphatic rings. The van der Waals surface area contributed by atoms with Crippen LogP contribution in [-0.4, -0.2) is 44.3 Å². The molecule has 2 aromatic heterocycles. The molecule has 0 radical (unpaired) electrons. The lowest BCUT2D eigenvalue weighted by molar-refractivity contribution is -0.138. The molecule has 3 aromatic rings. The van der Waals surface area contributed by atoms with Gasteiger partial charge < -0.3 is 25.0 Å². The molecule has 0 fully saturated rings. The molecule has 9 nitrogen and oxygen atoms in total. The van der Waals surface area contributed by atoms with Gasteiger partial charge in [-0.25, -0.2) is 4.98 Å². The molecule has 0 aliphatic carbocycles. The highest BCUT2D eigenvalue weighted by Crippen LogP contribution is 2.34. The van der Waals surface area contributed by atoms with Crippen molar-refractivity contribution in [2.24, 2.45) is 5.92 Å². The molecule has 3 N–H and O–H groups in total. The number of hydrogen-bond acceptors (Lipinski definition) is 7. The van der Waals surface area contributed by atoms with Crippen LogP contribution in [0.15, 0.2) is 66.9 Å². The lowest BCUT2D eigenvalue weighted by atomic mass is 9.88. The molecule has 37 heavy (non-hydrogen) atoms. The van der Waals surface area contributed by atoms with Gasteiger partial charge in [-0.2, -0.15) is 5.10 Å². The predicted octanol–water partition coefficient (Wildman–Crippen LogP) is 4.02. The lowest BCUT2D eigenvalue weighted by Crippen LogP contribution is -2.26. The van der Waals surface area contributed by atoms with E-state index in [1.807, 2.05) is 48.7 Å². The summed E-state index contributed by atoms with van der Waals surface area (Å²) < 4.78 is 12.8. The number of aryl methyl sites for hydroxylation is 2. The first kappa shape index (κ1) is 24.8. The van der Waals surface area contributed by atoms with Crippen molar-refractivity contribution in [1.82, 2.24) is 14.8 Å². The minimum absolute atomic E-state index is 0.0494. The van der Waals surface area contributed by atoms with Crippen LogP contribution in [0.4, 0.5) is 5.82 Å². The quantitative estimate of drug-likeness (QED) is 0.358. The Kier molecular flexibility index (Phi) is 7.70. The van der Waals surface area contributed by atoms with E-state index in [1.165, 1.54) is 5.56 Å². The van der Waals surface area contributed by atoms with Gasteiger partial charge in [0, 0.05) is 18.7 Å². The molecule has 0 saturated heterocycles. The minimum atomic E-state index is -0.881. The van der Waals surface area contributed by atoms with E-state index in [2.05, 4.69) is 15.4 Å². The normalized spacial score (nSPS) is 16.9. The lowest BCUT2D eigenvalue weighted by Gasteiger charge is -2.26. The van der Waals surface area contributed by atoms with Crippen LogP contribution >= 0.6 is 0 Å². The van der Waals surface area contributed by atoms with E-state index < -0.39 is 18.1 Å². The summed E-state index contributed by atoms with van der Waals surface area (Å²) >= 11 is 0. The van der Waals surface area contributed by atoms with Crippen LogP contribution in [-0.2, 0) is 33.5 Å². The third kappa shape index (κ3) is 6.11. The monoisotopic (exact) mass is 504 g/mol. The largest absolute Gasteiger partial charge is 0.481 e. The highest BCUT2D eigenvalue weighted by Gasteiger charge is 2.33. The summed E-state index contributed by atoms with van der Waals surface area (Å²) in [4.78, 5) is 16.4. The standard InChI is InChI=1S/C28H32N4O5/c33-24(23-10-9-21-7-4-12-29-28(21)31-23)11-8-20-15-30-32(16-20)27(25-17-36-18-37-25)22(14-26(34)35)13-19-5-2-1-3-6-19/h1-3,5-6,9-10,15-17,22,24,27,33H,4,7-8,11-14,18H2,(H,29,31)(H,34,35). The predicted molar refractivity (Wildman–Crippen MR) is 137 cm³/mol. The van der Waals surface area contributed by atoms with Gasteiger partial charge in [0.25, 0.3) is 0 Å². The van der Waals surface area contributed by atoms with Gasteiger partial charge >= 0.3 is 5.97 Å². The summed E-state index contributed by atoms with van der Waals surface area (Å²) in [6.45, 7) is 0.998. The van der Waals surface area contributed by atoms with Crippen molar-refractivity contribution in [3.63, 3.8) is 0 Å². The Labute approximate surface area is 215 Å². The maximum absolute atomic E-state index is 11.8. The topological polar surface area (TPSA) is 119 Å². The Bertz CT molecular complexity index is 1240. The fraction of sp³-hybridized carbons (Fsp3) is 0.393. The number of nitrogens with one attached hydrogen (secondary N) is 1. The van der Waals surface area contributed by atoms with Crippen molar-refractivity contribution in [1.29, 1.82) is 0 Å². The molecule has 4 heterocycles. The summed E-state index contributed by atoms with van der Waals surface area (Å²) in [5, 5.41) is 28.4. The third-order valence-electron chi connectivity index (χ3n) is 6.91. The van der Waals surface area contributed by atoms with Crippen LogP contribution < -0.4 is 5.32 Å². The molecule has 0 amide bonds. The average molecular weight is 505 g/mol. The number of carboxylic acid groups (broad SMARTS) is 1. The molecule has 9 heteroatoms. The van der Waals surface area contributed by atoms with Gasteiger partial charge in [-0.05, 0) is 54.9 Å². The summed E-state index contributed by atoms with van der Waals surface area (Å²) in [5.41, 5.74) is 3.83. The first-order chi connectivity index (χ1) is 18.1. The Morgan fingerprint density at radius 2 is 2.03 bits per heavy atom. The highest BCUT2D eigenvalue weighted by atomic mass is 16.7. The van der Waals surface area contributed by atoms with Crippen LogP contribution in [0, 0.1) is 5.92 Å². The molecular weight excluding hydrogens is 472 g/mol. The number of aromatic nitrogens is 3. The van der Waals surface area contributed by atoms with Gasteiger partial charge in [0.05, 0.1) is 24.4 Å². The van der Waals surface area contributed by atoms with Crippen molar-refractivity contribution < 1.29 is 24.5 Å². The zero-order chi connectivity index (χ0) is 25.6. The van der Waals surface area contributed by atoms with E-state index >= 15 is 0 Å². The van der Waals surface area contributed by atoms with Crippen molar-refractivity contribution in [3.05, 3.63) is 89.3 Å². The van der Waals surface area contributed by atoms with E-state index in [0.29, 0.717) is 30.7 Å². The number of carboxylic acids is 1. The number of pyridine rings is 1. The van der Waals surface area contributed by atoms with E-state index in [9.17, 15) is 15.0 Å². The molecule has 1 aromatic carbocycles. The van der Waals surface area contributed by atoms with E-state index in [4.69, 9.17) is 9.47 Å². The zero-order valence-corrected chi connectivity index (χ0v) is 20.6. The second-order valence-electron chi connectivity index (χ2n) is 9.60. The number of aliphatic hydroxyl groups is 1. The second kappa shape index (κ2) is 11.5. The SMILES string of the molecule is O=C(O)CC(Cc1ccccc1)C(C1=COCO1)n1cc(CCC(O)c2ccc3c(n2)NCCC3)cn1. The molecule has 3 unspecified atom stereocenters. The molecule has 194 valence electrons. The number of aliphatic carboxylic acids is 1. The summed E-state index contributed by atoms with van der Waals surface area (Å²) in [7, 11) is 0. The average Bonchev–Trinajstić information content (AvgIpc) is 3.60. The smallest absolute Gasteiger partial charge is 0.303 e. The Balaban J connectivity index is 1.31. The second-order valence-corrected chi connectivity index (χ2v) is 9.60. The summed E-state index contributed by atoms with van der Waals surface area (Å²) in [6.07, 6.45) is 8.20. The van der Waals surface area contributed by atoms with E-state index in [1.54, 1.807) is 17.1 Å². The number of ether oxygens (including phenoxy) is 2. The first-order valence-electron chi connectivity index (χ1n) is 12.7. The number of carbonyl (C=O) groups is 1. The Morgan fingerprint density at radius 1 is 1.16 bits per heavy atom. The number of aliphatic hydroxyl groups excluding tert-OH is 1. The number of benzene rings is 1. The van der Waals surface area contributed by atoms with Gasteiger partial charge in [-0.3, -0.25) is 9.48 Å². The van der Waals surface area contributed by atoms with Crippen LogP contribution in [0.2, 0.25) is 0 Å². The van der Waals surface area contributed by atoms with Gasteiger partial charge in [0.1, 0.15) is 18.1 Å². The molecule has 3 atom stereocenters. The number of anilines is 1. The van der Waals surface area contributed by atoms with Crippen molar-refractivity contribution >= 4 is 11.8 Å². The van der Waals surface area contributed by atoms with Crippen LogP contribution in [0.5, 0.6) is 0 Å². The van der Waals surface area contributed by atoms with Gasteiger partial charge in [0.15, 0.2) is 5.76 Å². The maximum Gasteiger partial charge on any atom is 0.303 e. The molecule has 0 saturated carbocycles. The summed E-state index contributed by atoms with van der Waals surface area (Å²) in [5.74, 6) is 0.238. The first-order valence-corrected chi connectivity index (χ1v) is 12.7. The van der Waals surface area contributed by atoms with Crippen molar-refractivity contribution in [3.8, 4) is 0 Å². The van der Waals surface area contributed by atoms with Gasteiger partial charge in [-0.1, -0.05) is 36.4 Å². The Hall–Kier alpha value is -3.85. The molecule has 0 spiro atoms. The minimum Gasteiger partial charge on any atom is -0.481 e. The molecule has 5 rings (SSSR count). The van der Waals surface area contributed by atoms with Crippen molar-refractivity contribution in [2.75, 3.05) is 18.7 Å². The van der Waals surface area contributed by atoms with E-state index in [-0.39, 0.29) is 19.1 Å². The molecule has 2 aliphatic heterocycles. The van der Waals surface area contributed by atoms with Crippen LogP contribution in [0.25, 0.3) is 0 Å². The molecular formula is C28H32N4O5. The van der Waals surface area contributed by atoms with Crippen LogP contribution in [0.1, 0.15) is 53.8 Å². The Morgan fingerprint density at radius 3 is 2.81 bits per heavy atom. The highest BCUT2D eigenvalue weighted by molar-refractivity contribution is 5.67. The maximum atomic E-state index is 11.8. The number of rotatable bonds is 11. The molecule has 0 bridgehead atoms. The number of nitrogens with zero attached hydrogens (tertiary/aromatic N) is 3.